The molecule has 2 aromatic heterocycles. The van der Waals surface area contributed by atoms with E-state index in [4.69, 9.17) is 16.1 Å². The predicted octanol–water partition coefficient (Wildman–Crippen LogP) is 4.61. The van der Waals surface area contributed by atoms with E-state index in [2.05, 4.69) is 10.1 Å². The van der Waals surface area contributed by atoms with Crippen molar-refractivity contribution in [2.24, 2.45) is 0 Å². The molecule has 2 heterocycles. The molecule has 0 saturated carbocycles. The molecule has 34 heavy (non-hydrogen) atoms. The van der Waals surface area contributed by atoms with E-state index >= 15 is 0 Å². The summed E-state index contributed by atoms with van der Waals surface area (Å²) in [4.78, 5) is 31.0. The first kappa shape index (κ1) is 21.8. The number of aromatic nitrogens is 4. The van der Waals surface area contributed by atoms with Crippen molar-refractivity contribution in [1.29, 1.82) is 0 Å². The Balaban J connectivity index is 1.62. The van der Waals surface area contributed by atoms with Crippen LogP contribution in [0.25, 0.3) is 28.0 Å². The van der Waals surface area contributed by atoms with Crippen LogP contribution in [-0.4, -0.2) is 19.3 Å². The number of hydrogen-bond acceptors (Lipinski definition) is 5. The van der Waals surface area contributed by atoms with Gasteiger partial charge in [-0.15, -0.1) is 0 Å². The number of rotatable bonds is 5. The first-order valence-corrected chi connectivity index (χ1v) is 11.0. The Hall–Kier alpha value is -4.04. The van der Waals surface area contributed by atoms with Gasteiger partial charge in [0.05, 0.1) is 21.6 Å². The van der Waals surface area contributed by atoms with Crippen molar-refractivity contribution in [2.45, 2.75) is 19.9 Å². The van der Waals surface area contributed by atoms with E-state index in [9.17, 15) is 14.0 Å². The minimum Gasteiger partial charge on any atom is -0.337 e. The fourth-order valence-corrected chi connectivity index (χ4v) is 3.91. The van der Waals surface area contributed by atoms with Crippen molar-refractivity contribution in [3.8, 4) is 17.1 Å². The summed E-state index contributed by atoms with van der Waals surface area (Å²) >= 11 is 5.74. The standard InChI is InChI=1S/C25H18ClFN4O3/c1-2-15-7-10-17(11-8-15)31-24(32)18-5-3-4-6-21(18)30(25(31)33)14-22-28-23(29-34-22)16-9-12-19(26)20(27)13-16/h3-13H,2,14H2,1H3. The lowest BCUT2D eigenvalue weighted by Gasteiger charge is -2.13. The van der Waals surface area contributed by atoms with E-state index in [0.29, 0.717) is 22.2 Å². The molecule has 0 bridgehead atoms. The van der Waals surface area contributed by atoms with Gasteiger partial charge in [-0.2, -0.15) is 4.98 Å². The van der Waals surface area contributed by atoms with Crippen LogP contribution in [0.15, 0.2) is 80.8 Å². The molecule has 0 N–H and O–H groups in total. The second kappa shape index (κ2) is 8.72. The summed E-state index contributed by atoms with van der Waals surface area (Å²) < 4.78 is 21.7. The van der Waals surface area contributed by atoms with E-state index in [1.54, 1.807) is 42.5 Å². The zero-order chi connectivity index (χ0) is 23.8. The topological polar surface area (TPSA) is 82.9 Å². The average Bonchev–Trinajstić information content (AvgIpc) is 3.33. The van der Waals surface area contributed by atoms with Crippen LogP contribution in [0, 0.1) is 5.82 Å². The zero-order valence-corrected chi connectivity index (χ0v) is 18.8. The molecule has 3 aromatic carbocycles. The highest BCUT2D eigenvalue weighted by molar-refractivity contribution is 6.30. The van der Waals surface area contributed by atoms with Crippen molar-refractivity contribution in [1.82, 2.24) is 19.3 Å². The van der Waals surface area contributed by atoms with Crippen LogP contribution in [0.3, 0.4) is 0 Å². The van der Waals surface area contributed by atoms with Gasteiger partial charge in [-0.25, -0.2) is 13.8 Å². The Labute approximate surface area is 197 Å². The summed E-state index contributed by atoms with van der Waals surface area (Å²) in [6, 6.07) is 18.3. The fraction of sp³-hybridized carbons (Fsp3) is 0.120. The van der Waals surface area contributed by atoms with E-state index in [1.807, 2.05) is 19.1 Å². The molecule has 5 aromatic rings. The van der Waals surface area contributed by atoms with Crippen molar-refractivity contribution >= 4 is 22.5 Å². The second-order valence-electron chi connectivity index (χ2n) is 7.69. The second-order valence-corrected chi connectivity index (χ2v) is 8.09. The molecule has 0 saturated heterocycles. The minimum atomic E-state index is -0.603. The largest absolute Gasteiger partial charge is 0.337 e. The van der Waals surface area contributed by atoms with Gasteiger partial charge in [-0.1, -0.05) is 47.9 Å². The first-order chi connectivity index (χ1) is 16.5. The lowest BCUT2D eigenvalue weighted by atomic mass is 10.1. The normalized spacial score (nSPS) is 11.3. The lowest BCUT2D eigenvalue weighted by Crippen LogP contribution is -2.39. The monoisotopic (exact) mass is 476 g/mol. The molecule has 170 valence electrons. The third-order valence-corrected chi connectivity index (χ3v) is 5.90. The quantitative estimate of drug-likeness (QED) is 0.370. The van der Waals surface area contributed by atoms with Crippen molar-refractivity contribution in [2.75, 3.05) is 0 Å². The Morgan fingerprint density at radius 1 is 1.03 bits per heavy atom. The van der Waals surface area contributed by atoms with Gasteiger partial charge < -0.3 is 4.52 Å². The molecular weight excluding hydrogens is 459 g/mol. The molecule has 0 unspecified atom stereocenters. The van der Waals surface area contributed by atoms with Gasteiger partial charge in [0.25, 0.3) is 5.56 Å². The molecule has 7 nitrogen and oxygen atoms in total. The van der Waals surface area contributed by atoms with Crippen molar-refractivity contribution < 1.29 is 8.91 Å². The zero-order valence-electron chi connectivity index (χ0n) is 18.0. The third kappa shape index (κ3) is 3.82. The van der Waals surface area contributed by atoms with Crippen molar-refractivity contribution in [3.63, 3.8) is 0 Å². The molecule has 0 aliphatic heterocycles. The van der Waals surface area contributed by atoms with Gasteiger partial charge in [0.1, 0.15) is 12.4 Å². The molecule has 0 spiro atoms. The van der Waals surface area contributed by atoms with Gasteiger partial charge in [-0.05, 0) is 54.4 Å². The lowest BCUT2D eigenvalue weighted by molar-refractivity contribution is 0.370. The molecule has 9 heteroatoms. The number of hydrogen-bond donors (Lipinski definition) is 0. The molecule has 0 atom stereocenters. The van der Waals surface area contributed by atoms with E-state index < -0.39 is 17.1 Å². The van der Waals surface area contributed by atoms with Gasteiger partial charge in [0, 0.05) is 5.56 Å². The highest BCUT2D eigenvalue weighted by Gasteiger charge is 2.18. The molecule has 0 fully saturated rings. The highest BCUT2D eigenvalue weighted by Crippen LogP contribution is 2.22. The number of fused-ring (bicyclic) bond motifs is 1. The van der Waals surface area contributed by atoms with E-state index in [0.717, 1.165) is 16.6 Å². The van der Waals surface area contributed by atoms with E-state index in [-0.39, 0.29) is 23.3 Å². The molecule has 5 rings (SSSR count). The maximum absolute atomic E-state index is 13.8. The smallest absolute Gasteiger partial charge is 0.336 e. The van der Waals surface area contributed by atoms with Crippen LogP contribution >= 0.6 is 11.6 Å². The van der Waals surface area contributed by atoms with Crippen LogP contribution in [0.4, 0.5) is 4.39 Å². The predicted molar refractivity (Wildman–Crippen MR) is 127 cm³/mol. The number of para-hydroxylation sites is 1. The number of aryl methyl sites for hydroxylation is 1. The van der Waals surface area contributed by atoms with Crippen LogP contribution < -0.4 is 11.2 Å². The van der Waals surface area contributed by atoms with Gasteiger partial charge in [0.15, 0.2) is 0 Å². The first-order valence-electron chi connectivity index (χ1n) is 10.6. The SMILES string of the molecule is CCc1ccc(-n2c(=O)c3ccccc3n(Cc3nc(-c4ccc(Cl)c(F)c4)no3)c2=O)cc1. The fourth-order valence-electron chi connectivity index (χ4n) is 3.79. The Bertz CT molecular complexity index is 1640. The average molecular weight is 477 g/mol. The summed E-state index contributed by atoms with van der Waals surface area (Å²) in [5.74, 6) is -0.315. The third-order valence-electron chi connectivity index (χ3n) is 5.59. The molecule has 0 radical (unpaired) electrons. The highest BCUT2D eigenvalue weighted by atomic mass is 35.5. The summed E-state index contributed by atoms with van der Waals surface area (Å²) in [5.41, 5.74) is 1.44. The van der Waals surface area contributed by atoms with Crippen LogP contribution in [0.5, 0.6) is 0 Å². The molecular formula is C25H18ClFN4O3. The maximum Gasteiger partial charge on any atom is 0.336 e. The van der Waals surface area contributed by atoms with Gasteiger partial charge in [0.2, 0.25) is 11.7 Å². The van der Waals surface area contributed by atoms with Gasteiger partial charge >= 0.3 is 5.69 Å². The molecule has 0 amide bonds. The van der Waals surface area contributed by atoms with Crippen LogP contribution in [-0.2, 0) is 13.0 Å². The Morgan fingerprint density at radius 2 is 1.79 bits per heavy atom. The summed E-state index contributed by atoms with van der Waals surface area (Å²) in [5, 5.41) is 4.26. The number of benzene rings is 3. The summed E-state index contributed by atoms with van der Waals surface area (Å²) in [6.45, 7) is 1.96. The maximum atomic E-state index is 13.8. The Kier molecular flexibility index (Phi) is 5.59. The summed E-state index contributed by atoms with van der Waals surface area (Å²) in [7, 11) is 0. The number of nitrogens with zero attached hydrogens (tertiary/aromatic N) is 4. The van der Waals surface area contributed by atoms with Crippen LogP contribution in [0.1, 0.15) is 18.4 Å². The Morgan fingerprint density at radius 3 is 2.53 bits per heavy atom. The van der Waals surface area contributed by atoms with Gasteiger partial charge in [-0.3, -0.25) is 9.36 Å². The van der Waals surface area contributed by atoms with Crippen molar-refractivity contribution in [3.05, 3.63) is 110 Å². The van der Waals surface area contributed by atoms with Crippen LogP contribution in [0.2, 0.25) is 5.02 Å². The number of halogens is 2. The molecule has 0 aliphatic rings. The summed E-state index contributed by atoms with van der Waals surface area (Å²) in [6.07, 6.45) is 0.841. The minimum absolute atomic E-state index is 0.0142. The molecule has 0 aliphatic carbocycles. The van der Waals surface area contributed by atoms with E-state index in [1.165, 1.54) is 16.7 Å².